The van der Waals surface area contributed by atoms with Crippen molar-refractivity contribution in [3.8, 4) is 6.01 Å². The summed E-state index contributed by atoms with van der Waals surface area (Å²) in [5, 5.41) is 0.683. The summed E-state index contributed by atoms with van der Waals surface area (Å²) in [4.78, 5) is 30.0. The zero-order chi connectivity index (χ0) is 11.5. The van der Waals surface area contributed by atoms with Gasteiger partial charge in [-0.3, -0.25) is 9.36 Å². The third-order valence-corrected chi connectivity index (χ3v) is 2.14. The van der Waals surface area contributed by atoms with Gasteiger partial charge in [-0.1, -0.05) is 0 Å². The first-order valence-electron chi connectivity index (χ1n) is 4.60. The molecular weight excluding hydrogens is 210 g/mol. The Bertz CT molecular complexity index is 591. The molecule has 0 spiro atoms. The highest BCUT2D eigenvalue weighted by molar-refractivity contribution is 5.74. The number of carbonyl (C=O) groups excluding carboxylic acids is 1. The lowest BCUT2D eigenvalue weighted by molar-refractivity contribution is -0.108. The molecule has 6 heteroatoms. The van der Waals surface area contributed by atoms with Crippen molar-refractivity contribution in [1.82, 2.24) is 14.5 Å². The standard InChI is InChI=1S/C10H9N3O3/c1-16-10-11-6-7-2-3-8(15)13(4-5-14)9(7)12-10/h2-3,5-6H,4H2,1H3. The summed E-state index contributed by atoms with van der Waals surface area (Å²) in [5.74, 6) is 0. The van der Waals surface area contributed by atoms with Gasteiger partial charge in [-0.25, -0.2) is 4.98 Å². The molecule has 2 rings (SSSR count). The highest BCUT2D eigenvalue weighted by atomic mass is 16.5. The van der Waals surface area contributed by atoms with Gasteiger partial charge in [0, 0.05) is 17.6 Å². The predicted molar refractivity (Wildman–Crippen MR) is 56.4 cm³/mol. The smallest absolute Gasteiger partial charge is 0.318 e. The number of hydrogen-bond donors (Lipinski definition) is 0. The molecular formula is C10H9N3O3. The monoisotopic (exact) mass is 219 g/mol. The van der Waals surface area contributed by atoms with E-state index in [9.17, 15) is 9.59 Å². The molecule has 0 aliphatic rings. The topological polar surface area (TPSA) is 74.1 Å². The van der Waals surface area contributed by atoms with Gasteiger partial charge < -0.3 is 9.53 Å². The van der Waals surface area contributed by atoms with Crippen LogP contribution in [0.25, 0.3) is 11.0 Å². The molecule has 0 bridgehead atoms. The lowest BCUT2D eigenvalue weighted by Gasteiger charge is -2.06. The molecule has 6 nitrogen and oxygen atoms in total. The van der Waals surface area contributed by atoms with Crippen LogP contribution in [0.15, 0.2) is 23.1 Å². The number of rotatable bonds is 3. The van der Waals surface area contributed by atoms with Gasteiger partial charge in [-0.15, -0.1) is 0 Å². The molecule has 0 saturated heterocycles. The SMILES string of the molecule is COc1ncc2ccc(=O)n(CC=O)c2n1. The summed E-state index contributed by atoms with van der Waals surface area (Å²) in [6, 6.07) is 3.15. The Morgan fingerprint density at radius 2 is 2.31 bits per heavy atom. The molecule has 0 saturated carbocycles. The van der Waals surface area contributed by atoms with E-state index in [1.807, 2.05) is 0 Å². The minimum atomic E-state index is -0.277. The molecule has 82 valence electrons. The van der Waals surface area contributed by atoms with Crippen molar-refractivity contribution < 1.29 is 9.53 Å². The average molecular weight is 219 g/mol. The van der Waals surface area contributed by atoms with Crippen LogP contribution >= 0.6 is 0 Å². The number of methoxy groups -OCH3 is 1. The van der Waals surface area contributed by atoms with Crippen LogP contribution in [0, 0.1) is 0 Å². The van der Waals surface area contributed by atoms with Crippen LogP contribution in [0.4, 0.5) is 0 Å². The summed E-state index contributed by atoms with van der Waals surface area (Å²) < 4.78 is 6.14. The Morgan fingerprint density at radius 3 is 3.00 bits per heavy atom. The fourth-order valence-corrected chi connectivity index (χ4v) is 1.41. The second-order valence-corrected chi connectivity index (χ2v) is 3.08. The van der Waals surface area contributed by atoms with E-state index in [1.165, 1.54) is 17.7 Å². The van der Waals surface area contributed by atoms with E-state index in [1.54, 1.807) is 12.3 Å². The third-order valence-electron chi connectivity index (χ3n) is 2.14. The van der Waals surface area contributed by atoms with Crippen LogP contribution in [0.1, 0.15) is 0 Å². The number of aldehydes is 1. The van der Waals surface area contributed by atoms with Crippen LogP contribution in [-0.2, 0) is 11.3 Å². The van der Waals surface area contributed by atoms with Crippen molar-refractivity contribution >= 4 is 17.3 Å². The van der Waals surface area contributed by atoms with Crippen LogP contribution in [0.5, 0.6) is 6.01 Å². The van der Waals surface area contributed by atoms with Crippen LogP contribution in [0.3, 0.4) is 0 Å². The lowest BCUT2D eigenvalue weighted by atomic mass is 10.3. The van der Waals surface area contributed by atoms with E-state index in [2.05, 4.69) is 9.97 Å². The van der Waals surface area contributed by atoms with Gasteiger partial charge in [-0.2, -0.15) is 4.98 Å². The van der Waals surface area contributed by atoms with E-state index in [0.29, 0.717) is 17.3 Å². The number of aromatic nitrogens is 3. The summed E-state index contributed by atoms with van der Waals surface area (Å²) >= 11 is 0. The van der Waals surface area contributed by atoms with Gasteiger partial charge >= 0.3 is 6.01 Å². The molecule has 2 heterocycles. The molecule has 0 aromatic carbocycles. The average Bonchev–Trinajstić information content (AvgIpc) is 2.32. The summed E-state index contributed by atoms with van der Waals surface area (Å²) in [6.45, 7) is -0.0314. The summed E-state index contributed by atoms with van der Waals surface area (Å²) in [7, 11) is 1.44. The van der Waals surface area contributed by atoms with Crippen LogP contribution in [-0.4, -0.2) is 27.9 Å². The Labute approximate surface area is 90.5 Å². The molecule has 0 atom stereocenters. The fourth-order valence-electron chi connectivity index (χ4n) is 1.41. The zero-order valence-corrected chi connectivity index (χ0v) is 8.58. The lowest BCUT2D eigenvalue weighted by Crippen LogP contribution is -2.20. The molecule has 0 aliphatic carbocycles. The largest absolute Gasteiger partial charge is 0.467 e. The van der Waals surface area contributed by atoms with Crippen molar-refractivity contribution in [2.24, 2.45) is 0 Å². The molecule has 16 heavy (non-hydrogen) atoms. The van der Waals surface area contributed by atoms with Crippen molar-refractivity contribution in [3.05, 3.63) is 28.7 Å². The molecule has 2 aromatic heterocycles. The molecule has 0 fully saturated rings. The number of pyridine rings is 1. The predicted octanol–water partition coefficient (Wildman–Crippen LogP) is -0.00100. The zero-order valence-electron chi connectivity index (χ0n) is 8.58. The number of ether oxygens (including phenoxy) is 1. The Hall–Kier alpha value is -2.24. The summed E-state index contributed by atoms with van der Waals surface area (Å²) in [6.07, 6.45) is 2.19. The molecule has 0 N–H and O–H groups in total. The van der Waals surface area contributed by atoms with Crippen LogP contribution in [0.2, 0.25) is 0 Å². The maximum absolute atomic E-state index is 11.5. The highest BCUT2D eigenvalue weighted by Crippen LogP contribution is 2.11. The highest BCUT2D eigenvalue weighted by Gasteiger charge is 2.06. The first-order chi connectivity index (χ1) is 7.76. The van der Waals surface area contributed by atoms with Crippen molar-refractivity contribution in [1.29, 1.82) is 0 Å². The number of nitrogens with zero attached hydrogens (tertiary/aromatic N) is 3. The van der Waals surface area contributed by atoms with Crippen molar-refractivity contribution in [2.45, 2.75) is 6.54 Å². The fraction of sp³-hybridized carbons (Fsp3) is 0.200. The quantitative estimate of drug-likeness (QED) is 0.679. The summed E-state index contributed by atoms with van der Waals surface area (Å²) in [5.41, 5.74) is 0.117. The number of hydrogen-bond acceptors (Lipinski definition) is 5. The molecule has 0 radical (unpaired) electrons. The number of fused-ring (bicyclic) bond motifs is 1. The van der Waals surface area contributed by atoms with Gasteiger partial charge in [0.15, 0.2) is 0 Å². The molecule has 0 amide bonds. The second-order valence-electron chi connectivity index (χ2n) is 3.08. The Kier molecular flexibility index (Phi) is 2.63. The van der Waals surface area contributed by atoms with Gasteiger partial charge in [0.1, 0.15) is 11.9 Å². The van der Waals surface area contributed by atoms with Gasteiger partial charge in [-0.05, 0) is 6.07 Å². The number of carbonyl (C=O) groups is 1. The third kappa shape index (κ3) is 1.65. The van der Waals surface area contributed by atoms with Gasteiger partial charge in [0.05, 0.1) is 13.7 Å². The first-order valence-corrected chi connectivity index (χ1v) is 4.60. The normalized spacial score (nSPS) is 10.3. The van der Waals surface area contributed by atoms with Gasteiger partial charge in [0.2, 0.25) is 0 Å². The Balaban J connectivity index is 2.77. The molecule has 0 unspecified atom stereocenters. The maximum Gasteiger partial charge on any atom is 0.318 e. The minimum Gasteiger partial charge on any atom is -0.467 e. The maximum atomic E-state index is 11.5. The first kappa shape index (κ1) is 10.3. The van der Waals surface area contributed by atoms with E-state index < -0.39 is 0 Å². The van der Waals surface area contributed by atoms with E-state index in [4.69, 9.17) is 4.74 Å². The van der Waals surface area contributed by atoms with E-state index >= 15 is 0 Å². The van der Waals surface area contributed by atoms with Crippen molar-refractivity contribution in [3.63, 3.8) is 0 Å². The minimum absolute atomic E-state index is 0.0314. The van der Waals surface area contributed by atoms with E-state index in [0.717, 1.165) is 0 Å². The Morgan fingerprint density at radius 1 is 1.50 bits per heavy atom. The van der Waals surface area contributed by atoms with Crippen molar-refractivity contribution in [2.75, 3.05) is 7.11 Å². The van der Waals surface area contributed by atoms with Crippen LogP contribution < -0.4 is 10.3 Å². The second kappa shape index (κ2) is 4.09. The molecule has 0 aliphatic heterocycles. The van der Waals surface area contributed by atoms with E-state index in [-0.39, 0.29) is 18.1 Å². The molecule has 2 aromatic rings. The van der Waals surface area contributed by atoms with Gasteiger partial charge in [0.25, 0.3) is 5.56 Å².